The molecule has 3 rings (SSSR count). The Bertz CT molecular complexity index is 703. The van der Waals surface area contributed by atoms with Gasteiger partial charge in [-0.15, -0.1) is 0 Å². The Morgan fingerprint density at radius 3 is 2.94 bits per heavy atom. The molecule has 6 nitrogen and oxygen atoms in total. The monoisotopic (exact) mass is 240 g/mol. The fourth-order valence-corrected chi connectivity index (χ4v) is 1.85. The van der Waals surface area contributed by atoms with Crippen molar-refractivity contribution in [3.63, 3.8) is 0 Å². The van der Waals surface area contributed by atoms with Gasteiger partial charge in [0, 0.05) is 30.4 Å². The maximum Gasteiger partial charge on any atom is 0.162 e. The van der Waals surface area contributed by atoms with Crippen LogP contribution in [0.15, 0.2) is 30.6 Å². The smallest absolute Gasteiger partial charge is 0.162 e. The molecule has 90 valence electrons. The van der Waals surface area contributed by atoms with E-state index in [-0.39, 0.29) is 0 Å². The lowest BCUT2D eigenvalue weighted by atomic mass is 10.1. The Labute approximate surface area is 103 Å². The molecule has 4 N–H and O–H groups in total. The Balaban J connectivity index is 2.29. The van der Waals surface area contributed by atoms with Gasteiger partial charge in [-0.1, -0.05) is 0 Å². The molecule has 0 aliphatic carbocycles. The van der Waals surface area contributed by atoms with Crippen molar-refractivity contribution in [1.82, 2.24) is 19.9 Å². The zero-order valence-corrected chi connectivity index (χ0v) is 9.81. The number of rotatable bonds is 2. The van der Waals surface area contributed by atoms with Gasteiger partial charge in [0.05, 0.1) is 0 Å². The number of nitrogens with two attached hydrogens (primary N) is 1. The molecule has 3 heterocycles. The number of nitrogens with one attached hydrogen (secondary N) is 2. The summed E-state index contributed by atoms with van der Waals surface area (Å²) in [6.45, 7) is 0. The van der Waals surface area contributed by atoms with E-state index in [9.17, 15) is 0 Å². The molecule has 18 heavy (non-hydrogen) atoms. The van der Waals surface area contributed by atoms with E-state index in [0.717, 1.165) is 22.4 Å². The summed E-state index contributed by atoms with van der Waals surface area (Å²) in [5.74, 6) is 1.80. The lowest BCUT2D eigenvalue weighted by Gasteiger charge is -2.05. The van der Waals surface area contributed by atoms with E-state index in [4.69, 9.17) is 5.73 Å². The summed E-state index contributed by atoms with van der Waals surface area (Å²) < 4.78 is 0. The van der Waals surface area contributed by atoms with Crippen LogP contribution in [-0.2, 0) is 0 Å². The molecular formula is C12H12N6. The normalized spacial score (nSPS) is 10.7. The van der Waals surface area contributed by atoms with Crippen molar-refractivity contribution in [3.8, 4) is 11.4 Å². The van der Waals surface area contributed by atoms with Gasteiger partial charge in [0.2, 0.25) is 0 Å². The summed E-state index contributed by atoms with van der Waals surface area (Å²) in [5, 5.41) is 3.99. The molecule has 0 saturated carbocycles. The molecule has 3 aromatic rings. The molecule has 0 fully saturated rings. The Kier molecular flexibility index (Phi) is 2.33. The van der Waals surface area contributed by atoms with Crippen LogP contribution in [0.5, 0.6) is 0 Å². The van der Waals surface area contributed by atoms with Gasteiger partial charge in [-0.3, -0.25) is 0 Å². The van der Waals surface area contributed by atoms with Gasteiger partial charge in [-0.2, -0.15) is 0 Å². The summed E-state index contributed by atoms with van der Waals surface area (Å²) in [7, 11) is 1.82. The quantitative estimate of drug-likeness (QED) is 0.633. The average molecular weight is 240 g/mol. The Morgan fingerprint density at radius 2 is 2.17 bits per heavy atom. The van der Waals surface area contributed by atoms with Crippen molar-refractivity contribution >= 4 is 22.7 Å². The summed E-state index contributed by atoms with van der Waals surface area (Å²) in [6, 6.07) is 5.52. The zero-order valence-electron chi connectivity index (χ0n) is 9.81. The second kappa shape index (κ2) is 3.99. The lowest BCUT2D eigenvalue weighted by molar-refractivity contribution is 1.18. The van der Waals surface area contributed by atoms with Crippen molar-refractivity contribution in [2.45, 2.75) is 0 Å². The fourth-order valence-electron chi connectivity index (χ4n) is 1.85. The number of pyridine rings is 1. The first-order chi connectivity index (χ1) is 8.78. The lowest BCUT2D eigenvalue weighted by Crippen LogP contribution is -1.98. The van der Waals surface area contributed by atoms with Gasteiger partial charge < -0.3 is 16.0 Å². The van der Waals surface area contributed by atoms with Crippen molar-refractivity contribution in [3.05, 3.63) is 30.6 Å². The number of hydrogen-bond acceptors (Lipinski definition) is 5. The molecule has 0 unspecified atom stereocenters. The summed E-state index contributed by atoms with van der Waals surface area (Å²) in [5.41, 5.74) is 7.39. The highest BCUT2D eigenvalue weighted by atomic mass is 15.0. The van der Waals surface area contributed by atoms with Crippen molar-refractivity contribution in [2.24, 2.45) is 0 Å². The van der Waals surface area contributed by atoms with E-state index < -0.39 is 0 Å². The van der Waals surface area contributed by atoms with E-state index in [2.05, 4.69) is 25.3 Å². The number of aromatic amines is 1. The van der Waals surface area contributed by atoms with E-state index in [1.165, 1.54) is 0 Å². The predicted molar refractivity (Wildman–Crippen MR) is 71.1 cm³/mol. The van der Waals surface area contributed by atoms with Crippen LogP contribution in [0, 0.1) is 0 Å². The highest BCUT2D eigenvalue weighted by Crippen LogP contribution is 2.27. The SMILES string of the molecule is CNc1cc(-c2nccc(N)n2)c2cc[nH]c2n1. The van der Waals surface area contributed by atoms with Crippen LogP contribution in [-0.4, -0.2) is 27.0 Å². The van der Waals surface area contributed by atoms with Crippen LogP contribution >= 0.6 is 0 Å². The van der Waals surface area contributed by atoms with E-state index in [1.54, 1.807) is 12.3 Å². The number of fused-ring (bicyclic) bond motifs is 1. The standard InChI is InChI=1S/C12H12N6/c1-14-10-6-8(7-2-4-15-11(7)18-10)12-16-5-3-9(13)17-12/h2-6H,1H3,(H2,13,16,17)(H2,14,15,18). The maximum absolute atomic E-state index is 5.70. The van der Waals surface area contributed by atoms with Gasteiger partial charge in [0.15, 0.2) is 5.82 Å². The third-order valence-electron chi connectivity index (χ3n) is 2.70. The van der Waals surface area contributed by atoms with Crippen LogP contribution in [0.3, 0.4) is 0 Å². The van der Waals surface area contributed by atoms with Crippen LogP contribution in [0.1, 0.15) is 0 Å². The molecule has 0 bridgehead atoms. The van der Waals surface area contributed by atoms with E-state index >= 15 is 0 Å². The molecule has 0 aliphatic rings. The molecule has 0 saturated heterocycles. The number of aromatic nitrogens is 4. The summed E-state index contributed by atoms with van der Waals surface area (Å²) in [6.07, 6.45) is 3.49. The van der Waals surface area contributed by atoms with Crippen LogP contribution in [0.4, 0.5) is 11.6 Å². The van der Waals surface area contributed by atoms with E-state index in [1.807, 2.05) is 25.4 Å². The van der Waals surface area contributed by atoms with Gasteiger partial charge in [-0.25, -0.2) is 15.0 Å². The highest BCUT2D eigenvalue weighted by molar-refractivity contribution is 5.92. The number of anilines is 2. The van der Waals surface area contributed by atoms with Crippen molar-refractivity contribution < 1.29 is 0 Å². The largest absolute Gasteiger partial charge is 0.384 e. The second-order valence-electron chi connectivity index (χ2n) is 3.85. The van der Waals surface area contributed by atoms with Crippen LogP contribution in [0.2, 0.25) is 0 Å². The third-order valence-corrected chi connectivity index (χ3v) is 2.70. The first-order valence-electron chi connectivity index (χ1n) is 5.52. The van der Waals surface area contributed by atoms with Crippen molar-refractivity contribution in [2.75, 3.05) is 18.1 Å². The van der Waals surface area contributed by atoms with Gasteiger partial charge in [0.25, 0.3) is 0 Å². The molecule has 0 atom stereocenters. The van der Waals surface area contributed by atoms with Crippen molar-refractivity contribution in [1.29, 1.82) is 0 Å². The molecule has 0 radical (unpaired) electrons. The minimum Gasteiger partial charge on any atom is -0.384 e. The maximum atomic E-state index is 5.70. The zero-order chi connectivity index (χ0) is 12.5. The first kappa shape index (κ1) is 10.5. The van der Waals surface area contributed by atoms with E-state index in [0.29, 0.717) is 11.6 Å². The van der Waals surface area contributed by atoms with Crippen LogP contribution in [0.25, 0.3) is 22.4 Å². The number of hydrogen-bond donors (Lipinski definition) is 3. The first-order valence-corrected chi connectivity index (χ1v) is 5.52. The van der Waals surface area contributed by atoms with Gasteiger partial charge >= 0.3 is 0 Å². The van der Waals surface area contributed by atoms with Gasteiger partial charge in [-0.05, 0) is 18.2 Å². The molecule has 3 aromatic heterocycles. The summed E-state index contributed by atoms with van der Waals surface area (Å²) in [4.78, 5) is 16.0. The Morgan fingerprint density at radius 1 is 1.28 bits per heavy atom. The molecule has 6 heteroatoms. The average Bonchev–Trinajstić information content (AvgIpc) is 2.85. The molecule has 0 aliphatic heterocycles. The number of H-pyrrole nitrogens is 1. The highest BCUT2D eigenvalue weighted by Gasteiger charge is 2.10. The Hall–Kier alpha value is -2.63. The molecule has 0 amide bonds. The van der Waals surface area contributed by atoms with Crippen LogP contribution < -0.4 is 11.1 Å². The second-order valence-corrected chi connectivity index (χ2v) is 3.85. The third kappa shape index (κ3) is 1.64. The summed E-state index contributed by atoms with van der Waals surface area (Å²) >= 11 is 0. The molecule has 0 aromatic carbocycles. The number of nitrogens with zero attached hydrogens (tertiary/aromatic N) is 3. The molecular weight excluding hydrogens is 228 g/mol. The number of nitrogen functional groups attached to an aromatic ring is 1. The van der Waals surface area contributed by atoms with Gasteiger partial charge in [0.1, 0.15) is 17.3 Å². The topological polar surface area (TPSA) is 92.5 Å². The predicted octanol–water partition coefficient (Wildman–Crippen LogP) is 1.64. The fraction of sp³-hybridized carbons (Fsp3) is 0.0833. The molecule has 0 spiro atoms. The minimum atomic E-state index is 0.450. The minimum absolute atomic E-state index is 0.450.